The fourth-order valence-corrected chi connectivity index (χ4v) is 4.93. The van der Waals surface area contributed by atoms with E-state index >= 15 is 0 Å². The number of halogens is 4. The van der Waals surface area contributed by atoms with Crippen molar-refractivity contribution in [2.45, 2.75) is 25.6 Å². The third kappa shape index (κ3) is 6.97. The van der Waals surface area contributed by atoms with E-state index in [-0.39, 0.29) is 35.0 Å². The molecule has 220 valence electrons. The van der Waals surface area contributed by atoms with E-state index < -0.39 is 11.7 Å². The van der Waals surface area contributed by atoms with Crippen molar-refractivity contribution in [3.8, 4) is 0 Å². The Labute approximate surface area is 240 Å². The molecule has 0 unspecified atom stereocenters. The van der Waals surface area contributed by atoms with Gasteiger partial charge in [0.05, 0.1) is 35.5 Å². The number of nitrogens with zero attached hydrogens (tertiary/aromatic N) is 3. The van der Waals surface area contributed by atoms with Crippen LogP contribution >= 0.6 is 0 Å². The Morgan fingerprint density at radius 1 is 0.952 bits per heavy atom. The first kappa shape index (κ1) is 29.3. The molecule has 0 amide bonds. The van der Waals surface area contributed by atoms with Gasteiger partial charge in [0.15, 0.2) is 5.88 Å². The van der Waals surface area contributed by atoms with E-state index in [1.165, 1.54) is 24.3 Å². The van der Waals surface area contributed by atoms with Gasteiger partial charge >= 0.3 is 6.18 Å². The Bertz CT molecular complexity index is 1560. The average Bonchev–Trinajstić information content (AvgIpc) is 3.33. The first-order valence-corrected chi connectivity index (χ1v) is 13.6. The third-order valence-electron chi connectivity index (χ3n) is 7.29. The third-order valence-corrected chi connectivity index (χ3v) is 7.29. The quantitative estimate of drug-likeness (QED) is 0.115. The number of aliphatic hydroxyl groups is 1. The van der Waals surface area contributed by atoms with Crippen molar-refractivity contribution in [2.75, 3.05) is 38.2 Å². The smallest absolute Gasteiger partial charge is 0.416 e. The van der Waals surface area contributed by atoms with Gasteiger partial charge in [0.25, 0.3) is 0 Å². The molecular formula is C31H31F4N5O2. The summed E-state index contributed by atoms with van der Waals surface area (Å²) < 4.78 is 60.2. The average molecular weight is 582 g/mol. The Morgan fingerprint density at radius 2 is 1.64 bits per heavy atom. The van der Waals surface area contributed by atoms with Crippen molar-refractivity contribution in [1.82, 2.24) is 14.5 Å². The van der Waals surface area contributed by atoms with Gasteiger partial charge in [-0.2, -0.15) is 13.2 Å². The van der Waals surface area contributed by atoms with Crippen LogP contribution in [0.2, 0.25) is 0 Å². The molecule has 11 heteroatoms. The van der Waals surface area contributed by atoms with Gasteiger partial charge in [-0.3, -0.25) is 15.6 Å². The van der Waals surface area contributed by atoms with E-state index in [4.69, 9.17) is 10.1 Å². The van der Waals surface area contributed by atoms with Crippen molar-refractivity contribution in [1.29, 1.82) is 5.41 Å². The van der Waals surface area contributed by atoms with Crippen LogP contribution in [-0.2, 0) is 23.9 Å². The molecule has 0 bridgehead atoms. The highest BCUT2D eigenvalue weighted by atomic mass is 19.4. The zero-order valence-electron chi connectivity index (χ0n) is 22.8. The van der Waals surface area contributed by atoms with Crippen LogP contribution in [0.5, 0.6) is 0 Å². The molecule has 1 saturated heterocycles. The van der Waals surface area contributed by atoms with Crippen LogP contribution in [0.25, 0.3) is 11.0 Å². The Morgan fingerprint density at radius 3 is 2.33 bits per heavy atom. The van der Waals surface area contributed by atoms with Crippen LogP contribution in [0.15, 0.2) is 84.3 Å². The van der Waals surface area contributed by atoms with Crippen LogP contribution in [0.1, 0.15) is 23.1 Å². The van der Waals surface area contributed by atoms with Gasteiger partial charge in [0.1, 0.15) is 5.82 Å². The number of aliphatic hydroxyl groups excluding tert-OH is 1. The molecular weight excluding hydrogens is 550 g/mol. The molecule has 5 rings (SSSR count). The summed E-state index contributed by atoms with van der Waals surface area (Å²) in [4.78, 5) is 6.96. The number of fused-ring (bicyclic) bond motifs is 1. The molecule has 3 aromatic carbocycles. The van der Waals surface area contributed by atoms with Gasteiger partial charge in [-0.15, -0.1) is 0 Å². The summed E-state index contributed by atoms with van der Waals surface area (Å²) in [5, 5.41) is 23.2. The molecule has 7 nitrogen and oxygen atoms in total. The minimum absolute atomic E-state index is 0.133. The molecule has 3 N–H and O–H groups in total. The summed E-state index contributed by atoms with van der Waals surface area (Å²) in [6.45, 7) is 4.29. The Kier molecular flexibility index (Phi) is 8.89. The summed E-state index contributed by atoms with van der Waals surface area (Å²) in [5.74, 6) is -0.334. The maximum absolute atomic E-state index is 13.4. The molecule has 1 aromatic heterocycles. The highest BCUT2D eigenvalue weighted by Crippen LogP contribution is 2.30. The maximum atomic E-state index is 13.4. The second-order valence-electron chi connectivity index (χ2n) is 10.1. The monoisotopic (exact) mass is 581 g/mol. The van der Waals surface area contributed by atoms with Crippen molar-refractivity contribution in [3.05, 3.63) is 107 Å². The van der Waals surface area contributed by atoms with Crippen molar-refractivity contribution in [3.63, 3.8) is 0 Å². The number of alkyl halides is 3. The fourth-order valence-electron chi connectivity index (χ4n) is 4.93. The molecule has 2 heterocycles. The number of allylic oxidation sites excluding steroid dienone is 1. The van der Waals surface area contributed by atoms with Crippen molar-refractivity contribution >= 4 is 22.7 Å². The summed E-state index contributed by atoms with van der Waals surface area (Å²) in [5.41, 5.74) is 1.81. The van der Waals surface area contributed by atoms with E-state index in [2.05, 4.69) is 15.2 Å². The SMILES string of the molecule is N=C(/C(CCc1ccc(F)cc1)=C(/O)Nc1nc2ccccc2n1CCN1CCOCC1)c1ccc(C(F)(F)F)cc1. The van der Waals surface area contributed by atoms with E-state index in [1.54, 1.807) is 12.1 Å². The van der Waals surface area contributed by atoms with Crippen LogP contribution < -0.4 is 5.32 Å². The zero-order valence-corrected chi connectivity index (χ0v) is 22.8. The number of para-hydroxylation sites is 2. The predicted molar refractivity (Wildman–Crippen MR) is 153 cm³/mol. The van der Waals surface area contributed by atoms with Crippen LogP contribution in [0.4, 0.5) is 23.5 Å². The van der Waals surface area contributed by atoms with Gasteiger partial charge in [0, 0.05) is 31.8 Å². The van der Waals surface area contributed by atoms with E-state index in [0.29, 0.717) is 32.1 Å². The van der Waals surface area contributed by atoms with Crippen molar-refractivity contribution in [2.24, 2.45) is 0 Å². The lowest BCUT2D eigenvalue weighted by Crippen LogP contribution is -2.38. The molecule has 0 radical (unpaired) electrons. The first-order valence-electron chi connectivity index (χ1n) is 13.6. The number of aromatic nitrogens is 2. The number of morpholine rings is 1. The lowest BCUT2D eigenvalue weighted by atomic mass is 9.96. The van der Waals surface area contributed by atoms with Crippen molar-refractivity contribution < 1.29 is 27.4 Å². The molecule has 1 aliphatic heterocycles. The lowest BCUT2D eigenvalue weighted by molar-refractivity contribution is -0.137. The van der Waals surface area contributed by atoms with Crippen LogP contribution in [0.3, 0.4) is 0 Å². The second kappa shape index (κ2) is 12.7. The molecule has 0 saturated carbocycles. The molecule has 0 spiro atoms. The molecule has 1 fully saturated rings. The second-order valence-corrected chi connectivity index (χ2v) is 10.1. The lowest BCUT2D eigenvalue weighted by Gasteiger charge is -2.27. The number of anilines is 1. The highest BCUT2D eigenvalue weighted by Gasteiger charge is 2.30. The molecule has 42 heavy (non-hydrogen) atoms. The largest absolute Gasteiger partial charge is 0.494 e. The van der Waals surface area contributed by atoms with Gasteiger partial charge in [0.2, 0.25) is 5.95 Å². The number of benzene rings is 3. The van der Waals surface area contributed by atoms with Crippen LogP contribution in [0, 0.1) is 11.2 Å². The summed E-state index contributed by atoms with van der Waals surface area (Å²) in [6.07, 6.45) is -3.98. The number of aryl methyl sites for hydroxylation is 1. The number of imidazole rings is 1. The van der Waals surface area contributed by atoms with E-state index in [9.17, 15) is 22.7 Å². The number of nitrogens with one attached hydrogen (secondary N) is 2. The summed E-state index contributed by atoms with van der Waals surface area (Å²) >= 11 is 0. The molecule has 4 aromatic rings. The van der Waals surface area contributed by atoms with Crippen LogP contribution in [-0.4, -0.2) is 58.1 Å². The molecule has 0 aliphatic carbocycles. The van der Waals surface area contributed by atoms with Gasteiger partial charge in [-0.25, -0.2) is 9.37 Å². The Balaban J connectivity index is 1.46. The molecule has 1 aliphatic rings. The van der Waals surface area contributed by atoms with Gasteiger partial charge in [-0.05, 0) is 60.4 Å². The summed E-state index contributed by atoms with van der Waals surface area (Å²) in [6, 6.07) is 17.7. The van der Waals surface area contributed by atoms with Gasteiger partial charge in [-0.1, -0.05) is 36.4 Å². The predicted octanol–water partition coefficient (Wildman–Crippen LogP) is 6.41. The number of hydrogen-bond acceptors (Lipinski definition) is 6. The first-order chi connectivity index (χ1) is 20.2. The standard InChI is InChI=1S/C31H31F4N5O2/c32-24-12-5-21(6-13-24)7-14-25(28(36)22-8-10-23(11-9-22)31(33,34)35)29(41)38-30-37-26-3-1-2-4-27(26)40(30)16-15-39-17-19-42-20-18-39/h1-6,8-13,36,41H,7,14-20H2,(H,37,38)/b29-25+,36-28?. The molecule has 0 atom stereocenters. The highest BCUT2D eigenvalue weighted by molar-refractivity contribution is 6.11. The van der Waals surface area contributed by atoms with Gasteiger partial charge < -0.3 is 14.4 Å². The summed E-state index contributed by atoms with van der Waals surface area (Å²) in [7, 11) is 0. The number of ether oxygens (including phenoxy) is 1. The fraction of sp³-hybridized carbons (Fsp3) is 0.290. The maximum Gasteiger partial charge on any atom is 0.416 e. The topological polar surface area (TPSA) is 86.4 Å². The minimum Gasteiger partial charge on any atom is -0.494 e. The van der Waals surface area contributed by atoms with E-state index in [1.807, 2.05) is 28.8 Å². The Hall–Kier alpha value is -4.22. The zero-order chi connectivity index (χ0) is 29.7. The number of hydrogen-bond donors (Lipinski definition) is 3. The van der Waals surface area contributed by atoms with E-state index in [0.717, 1.165) is 48.4 Å². The minimum atomic E-state index is -4.51. The number of rotatable bonds is 10. The normalized spacial score (nSPS) is 15.0.